The van der Waals surface area contributed by atoms with E-state index in [1.165, 1.54) is 224 Å². The van der Waals surface area contributed by atoms with Gasteiger partial charge in [-0.25, -0.2) is 0 Å². The molecule has 1 aromatic rings. The number of rotatable bonds is 42. The lowest BCUT2D eigenvalue weighted by Gasteiger charge is -2.26. The summed E-state index contributed by atoms with van der Waals surface area (Å²) >= 11 is 0. The van der Waals surface area contributed by atoms with Crippen LogP contribution in [0.3, 0.4) is 0 Å². The van der Waals surface area contributed by atoms with Crippen molar-refractivity contribution in [2.24, 2.45) is 11.3 Å². The summed E-state index contributed by atoms with van der Waals surface area (Å²) in [4.78, 5) is 0. The largest absolute Gasteiger partial charge is 0.381 e. The molecule has 0 aliphatic rings. The van der Waals surface area contributed by atoms with E-state index in [1.54, 1.807) is 0 Å². The normalized spacial score (nSPS) is 11.7. The third-order valence-corrected chi connectivity index (χ3v) is 12.4. The van der Waals surface area contributed by atoms with E-state index in [9.17, 15) is 0 Å². The van der Waals surface area contributed by atoms with Crippen LogP contribution in [0.2, 0.25) is 0 Å². The molecule has 1 rings (SSSR count). The molecule has 0 aliphatic heterocycles. The minimum atomic E-state index is 0.531. The topological polar surface area (TPSA) is 18.5 Å². The molecule has 0 heterocycles. The van der Waals surface area contributed by atoms with Crippen molar-refractivity contribution in [2.45, 2.75) is 288 Å². The van der Waals surface area contributed by atoms with Crippen molar-refractivity contribution in [3.05, 3.63) is 48.0 Å². The second kappa shape index (κ2) is 55.9. The second-order valence-corrected chi connectivity index (χ2v) is 17.9. The summed E-state index contributed by atoms with van der Waals surface area (Å²) in [6, 6.07) is 10.9. The molecule has 0 saturated heterocycles. The summed E-state index contributed by atoms with van der Waals surface area (Å²) in [6.45, 7) is 25.8. The zero-order valence-electron chi connectivity index (χ0n) is 43.3. The Hall–Kier alpha value is -1.12. The second-order valence-electron chi connectivity index (χ2n) is 17.9. The number of hydrogen-bond acceptors (Lipinski definition) is 2. The minimum Gasteiger partial charge on any atom is -0.381 e. The van der Waals surface area contributed by atoms with Gasteiger partial charge in [-0.2, -0.15) is 0 Å². The van der Waals surface area contributed by atoms with Gasteiger partial charge in [-0.15, -0.1) is 0 Å². The van der Waals surface area contributed by atoms with Crippen LogP contribution < -0.4 is 0 Å². The molecule has 1 unspecified atom stereocenters. The van der Waals surface area contributed by atoms with E-state index in [0.717, 1.165) is 32.3 Å². The maximum absolute atomic E-state index is 5.85. The summed E-state index contributed by atoms with van der Waals surface area (Å²) in [5, 5.41) is 0. The smallest absolute Gasteiger partial charge is 0.0466 e. The third kappa shape index (κ3) is 51.2. The molecule has 0 saturated carbocycles. The Balaban J connectivity index is -0.00000100. The van der Waals surface area contributed by atoms with Crippen molar-refractivity contribution >= 4 is 0 Å². The monoisotopic (exact) mass is 843 g/mol. The molecule has 2 heteroatoms. The first-order valence-electron chi connectivity index (χ1n) is 27.4. The SMILES string of the molecule is CC.CC.CCCCCCCCC/C=C/C(C)CCCCCCOCCCC(C)(CC)CC.CCCCOCCCCCCCCCCCCCCCCc1ccccc1. The number of ether oxygens (including phenoxy) is 2. The quantitative estimate of drug-likeness (QED) is 0.0482. The number of aryl methyl sites for hydroxylation is 1. The van der Waals surface area contributed by atoms with Crippen LogP contribution in [0.15, 0.2) is 42.5 Å². The number of allylic oxidation sites excluding steroid dienone is 2. The lowest BCUT2D eigenvalue weighted by molar-refractivity contribution is 0.113. The maximum Gasteiger partial charge on any atom is 0.0466 e. The van der Waals surface area contributed by atoms with Crippen molar-refractivity contribution in [1.29, 1.82) is 0 Å². The van der Waals surface area contributed by atoms with Gasteiger partial charge < -0.3 is 9.47 Å². The minimum absolute atomic E-state index is 0.531. The van der Waals surface area contributed by atoms with Crippen LogP contribution in [0.4, 0.5) is 0 Å². The van der Waals surface area contributed by atoms with Gasteiger partial charge in [0.15, 0.2) is 0 Å². The Labute approximate surface area is 381 Å². The molecule has 1 atom stereocenters. The first-order chi connectivity index (χ1) is 29.5. The molecule has 2 nitrogen and oxygen atoms in total. The van der Waals surface area contributed by atoms with Crippen LogP contribution in [-0.2, 0) is 15.9 Å². The fourth-order valence-corrected chi connectivity index (χ4v) is 7.62. The van der Waals surface area contributed by atoms with Crippen molar-refractivity contribution in [3.63, 3.8) is 0 Å². The lowest BCUT2D eigenvalue weighted by Crippen LogP contribution is -2.14. The van der Waals surface area contributed by atoms with Crippen LogP contribution in [0.5, 0.6) is 0 Å². The molecule has 0 fully saturated rings. The van der Waals surface area contributed by atoms with Gasteiger partial charge in [0.05, 0.1) is 0 Å². The summed E-state index contributed by atoms with van der Waals surface area (Å²) in [5.41, 5.74) is 2.03. The van der Waals surface area contributed by atoms with Crippen LogP contribution in [0, 0.1) is 11.3 Å². The van der Waals surface area contributed by atoms with Crippen molar-refractivity contribution in [3.8, 4) is 0 Å². The molecule has 0 spiro atoms. The molecule has 0 bridgehead atoms. The average Bonchev–Trinajstić information content (AvgIpc) is 3.29. The predicted octanol–water partition coefficient (Wildman–Crippen LogP) is 20.5. The van der Waals surface area contributed by atoms with Crippen molar-refractivity contribution < 1.29 is 9.47 Å². The fraction of sp³-hybridized carbons (Fsp3) is 0.862. The molecular formula is C58H114O2. The molecule has 1 aromatic carbocycles. The van der Waals surface area contributed by atoms with Gasteiger partial charge in [-0.3, -0.25) is 0 Å². The molecule has 358 valence electrons. The van der Waals surface area contributed by atoms with Gasteiger partial charge >= 0.3 is 0 Å². The summed E-state index contributed by atoms with van der Waals surface area (Å²) in [7, 11) is 0. The fourth-order valence-electron chi connectivity index (χ4n) is 7.62. The van der Waals surface area contributed by atoms with Crippen LogP contribution in [0.25, 0.3) is 0 Å². The first-order valence-corrected chi connectivity index (χ1v) is 27.4. The van der Waals surface area contributed by atoms with Gasteiger partial charge in [-0.05, 0) is 81.1 Å². The van der Waals surface area contributed by atoms with Crippen LogP contribution in [0.1, 0.15) is 287 Å². The van der Waals surface area contributed by atoms with E-state index in [2.05, 4.69) is 84.0 Å². The number of benzene rings is 1. The van der Waals surface area contributed by atoms with Gasteiger partial charge in [0.25, 0.3) is 0 Å². The van der Waals surface area contributed by atoms with Gasteiger partial charge in [0.2, 0.25) is 0 Å². The maximum atomic E-state index is 5.85. The van der Waals surface area contributed by atoms with Crippen LogP contribution >= 0.6 is 0 Å². The standard InChI is InChI=1S/C28H56O.C26H46O.2C2H6/c1-6-9-10-11-12-13-14-15-18-22-27(4)23-19-16-17-20-25-29-26-21-24-28(5,7-2)8-3;1-2-3-24-27-25-20-15-13-11-9-7-5-4-6-8-10-12-14-17-21-26-22-18-16-19-23-26;2*1-2/h18,22,27H,6-17,19-21,23-26H2,1-5H3;16,18-19,22-23H,2-15,17,20-21,24-25H2,1H3;2*1-2H3/b22-18+;;;. The Morgan fingerprint density at radius 3 is 1.35 bits per heavy atom. The molecule has 0 aromatic heterocycles. The molecule has 0 N–H and O–H groups in total. The van der Waals surface area contributed by atoms with E-state index in [0.29, 0.717) is 5.41 Å². The zero-order valence-corrected chi connectivity index (χ0v) is 43.3. The third-order valence-electron chi connectivity index (χ3n) is 12.4. The van der Waals surface area contributed by atoms with Crippen LogP contribution in [-0.4, -0.2) is 26.4 Å². The van der Waals surface area contributed by atoms with Crippen molar-refractivity contribution in [2.75, 3.05) is 26.4 Å². The summed E-state index contributed by atoms with van der Waals surface area (Å²) in [5.74, 6) is 0.752. The summed E-state index contributed by atoms with van der Waals surface area (Å²) in [6.07, 6.45) is 51.3. The summed E-state index contributed by atoms with van der Waals surface area (Å²) < 4.78 is 11.5. The van der Waals surface area contributed by atoms with E-state index >= 15 is 0 Å². The van der Waals surface area contributed by atoms with Gasteiger partial charge in [-0.1, -0.05) is 266 Å². The van der Waals surface area contributed by atoms with E-state index in [4.69, 9.17) is 9.47 Å². The molecule has 0 amide bonds. The molecule has 60 heavy (non-hydrogen) atoms. The van der Waals surface area contributed by atoms with E-state index in [-0.39, 0.29) is 0 Å². The zero-order chi connectivity index (χ0) is 44.9. The number of hydrogen-bond donors (Lipinski definition) is 0. The van der Waals surface area contributed by atoms with E-state index in [1.807, 2.05) is 27.7 Å². The Kier molecular flexibility index (Phi) is 58.9. The Morgan fingerprint density at radius 1 is 0.467 bits per heavy atom. The lowest BCUT2D eigenvalue weighted by atomic mass is 9.80. The predicted molar refractivity (Wildman–Crippen MR) is 276 cm³/mol. The van der Waals surface area contributed by atoms with E-state index < -0.39 is 0 Å². The average molecular weight is 844 g/mol. The number of unbranched alkanes of at least 4 members (excludes halogenated alkanes) is 24. The molecule has 0 aliphatic carbocycles. The highest BCUT2D eigenvalue weighted by atomic mass is 16.5. The van der Waals surface area contributed by atoms with Gasteiger partial charge in [0.1, 0.15) is 0 Å². The first kappa shape index (κ1) is 63.2. The highest BCUT2D eigenvalue weighted by Crippen LogP contribution is 2.30. The highest BCUT2D eigenvalue weighted by Gasteiger charge is 2.18. The van der Waals surface area contributed by atoms with Crippen molar-refractivity contribution in [1.82, 2.24) is 0 Å². The Morgan fingerprint density at radius 2 is 0.867 bits per heavy atom. The molecule has 0 radical (unpaired) electrons. The molecular weight excluding hydrogens is 729 g/mol. The Bertz CT molecular complexity index is 874. The highest BCUT2D eigenvalue weighted by molar-refractivity contribution is 5.14. The van der Waals surface area contributed by atoms with Gasteiger partial charge in [0, 0.05) is 26.4 Å².